The highest BCUT2D eigenvalue weighted by Crippen LogP contribution is 2.45. The third kappa shape index (κ3) is 3.24. The maximum atomic E-state index is 13.7. The summed E-state index contributed by atoms with van der Waals surface area (Å²) in [7, 11) is 0. The van der Waals surface area contributed by atoms with Crippen molar-refractivity contribution < 1.29 is 19.2 Å². The zero-order chi connectivity index (χ0) is 22.3. The number of hydrogen-bond donors (Lipinski definition) is 2. The number of anilines is 3. The van der Waals surface area contributed by atoms with Gasteiger partial charge in [0.15, 0.2) is 0 Å². The van der Waals surface area contributed by atoms with Crippen molar-refractivity contribution in [3.8, 4) is 0 Å². The summed E-state index contributed by atoms with van der Waals surface area (Å²) in [4.78, 5) is 54.4. The van der Waals surface area contributed by atoms with E-state index in [1.807, 2.05) is 13.8 Å². The molecule has 31 heavy (non-hydrogen) atoms. The second kappa shape index (κ2) is 7.54. The van der Waals surface area contributed by atoms with Gasteiger partial charge in [-0.05, 0) is 44.2 Å². The van der Waals surface area contributed by atoms with Gasteiger partial charge in [-0.1, -0.05) is 18.2 Å². The first kappa shape index (κ1) is 20.6. The molecule has 2 aliphatic rings. The molecule has 1 saturated heterocycles. The van der Waals surface area contributed by atoms with Crippen molar-refractivity contribution in [2.75, 3.05) is 15.5 Å². The predicted octanol–water partition coefficient (Wildman–Crippen LogP) is 2.97. The van der Waals surface area contributed by atoms with E-state index in [0.717, 1.165) is 0 Å². The van der Waals surface area contributed by atoms with Crippen molar-refractivity contribution >= 4 is 40.7 Å². The number of hydrogen-bond acceptors (Lipinski definition) is 4. The van der Waals surface area contributed by atoms with Crippen molar-refractivity contribution in [3.63, 3.8) is 0 Å². The van der Waals surface area contributed by atoms with E-state index in [2.05, 4.69) is 10.6 Å². The zero-order valence-electron chi connectivity index (χ0n) is 17.6. The fourth-order valence-corrected chi connectivity index (χ4v) is 4.52. The average molecular weight is 420 g/mol. The Labute approximate surface area is 180 Å². The van der Waals surface area contributed by atoms with Gasteiger partial charge in [0.05, 0.1) is 11.3 Å². The second-order valence-corrected chi connectivity index (χ2v) is 8.05. The summed E-state index contributed by atoms with van der Waals surface area (Å²) in [5, 5.41) is 5.54. The Bertz CT molecular complexity index is 1100. The summed E-state index contributed by atoms with van der Waals surface area (Å²) in [6.07, 6.45) is 0.353. The zero-order valence-corrected chi connectivity index (χ0v) is 17.6. The number of para-hydroxylation sites is 1. The van der Waals surface area contributed by atoms with Crippen LogP contribution in [0.2, 0.25) is 0 Å². The van der Waals surface area contributed by atoms with Gasteiger partial charge in [0.25, 0.3) is 11.8 Å². The van der Waals surface area contributed by atoms with Gasteiger partial charge in [-0.15, -0.1) is 0 Å². The second-order valence-electron chi connectivity index (χ2n) is 8.05. The van der Waals surface area contributed by atoms with Crippen LogP contribution >= 0.6 is 0 Å². The van der Waals surface area contributed by atoms with Crippen LogP contribution in [0, 0.1) is 0 Å². The highest BCUT2D eigenvalue weighted by atomic mass is 16.2. The van der Waals surface area contributed by atoms with Crippen molar-refractivity contribution in [1.82, 2.24) is 4.90 Å². The number of carbonyl (C=O) groups excluding carboxylic acids is 4. The summed E-state index contributed by atoms with van der Waals surface area (Å²) >= 11 is 0. The minimum Gasteiger partial charge on any atom is -0.326 e. The Morgan fingerprint density at radius 3 is 2.35 bits per heavy atom. The molecule has 4 amide bonds. The van der Waals surface area contributed by atoms with E-state index in [4.69, 9.17) is 0 Å². The predicted molar refractivity (Wildman–Crippen MR) is 117 cm³/mol. The number of carbonyl (C=O) groups is 4. The van der Waals surface area contributed by atoms with Crippen LogP contribution in [0.4, 0.5) is 17.1 Å². The molecule has 1 fully saturated rings. The van der Waals surface area contributed by atoms with Gasteiger partial charge in [-0.25, -0.2) is 0 Å². The fraction of sp³-hybridized carbons (Fsp3) is 0.304. The molecule has 1 atom stereocenters. The van der Waals surface area contributed by atoms with Gasteiger partial charge < -0.3 is 15.5 Å². The molecule has 0 radical (unpaired) electrons. The number of nitrogens with one attached hydrogen (secondary N) is 2. The average Bonchev–Trinajstić information content (AvgIpc) is 3.06. The first-order valence-electron chi connectivity index (χ1n) is 10.2. The van der Waals surface area contributed by atoms with Crippen molar-refractivity contribution in [2.24, 2.45) is 0 Å². The van der Waals surface area contributed by atoms with Gasteiger partial charge in [-0.2, -0.15) is 0 Å². The largest absolute Gasteiger partial charge is 0.326 e. The summed E-state index contributed by atoms with van der Waals surface area (Å²) in [6.45, 7) is 5.07. The molecule has 2 aliphatic heterocycles. The van der Waals surface area contributed by atoms with Crippen LogP contribution in [0.25, 0.3) is 0 Å². The molecule has 4 rings (SSSR count). The molecule has 2 aromatic carbocycles. The van der Waals surface area contributed by atoms with E-state index in [0.29, 0.717) is 22.6 Å². The van der Waals surface area contributed by atoms with E-state index in [9.17, 15) is 19.2 Å². The first-order valence-corrected chi connectivity index (χ1v) is 10.2. The Morgan fingerprint density at radius 2 is 1.68 bits per heavy atom. The van der Waals surface area contributed by atoms with Gasteiger partial charge in [0, 0.05) is 37.2 Å². The highest BCUT2D eigenvalue weighted by Gasteiger charge is 2.61. The maximum absolute atomic E-state index is 13.7. The first-order chi connectivity index (χ1) is 14.8. The molecule has 2 heterocycles. The van der Waals surface area contributed by atoms with E-state index >= 15 is 0 Å². The molecule has 2 N–H and O–H groups in total. The fourth-order valence-electron chi connectivity index (χ4n) is 4.52. The van der Waals surface area contributed by atoms with Crippen molar-refractivity contribution in [3.05, 3.63) is 54.1 Å². The van der Waals surface area contributed by atoms with Gasteiger partial charge in [0.1, 0.15) is 0 Å². The normalized spacial score (nSPS) is 19.9. The summed E-state index contributed by atoms with van der Waals surface area (Å²) in [6, 6.07) is 13.3. The third-order valence-electron chi connectivity index (χ3n) is 5.62. The van der Waals surface area contributed by atoms with Gasteiger partial charge in [-0.3, -0.25) is 24.1 Å². The molecular formula is C23H24N4O4. The standard InChI is InChI=1S/C23H24N4O4/c1-14(2)26-21(30)18-9-4-5-10-19(18)27-20(29)11-12-23(26,27)22(31)25-17-8-6-7-16(13-17)24-15(3)28/h4-10,13-14H,11-12H2,1-3H3,(H,24,28)(H,25,31). The lowest BCUT2D eigenvalue weighted by atomic mass is 9.94. The van der Waals surface area contributed by atoms with Crippen LogP contribution in [0.15, 0.2) is 48.5 Å². The van der Waals surface area contributed by atoms with Crippen LogP contribution < -0.4 is 15.5 Å². The molecule has 0 bridgehead atoms. The number of rotatable bonds is 4. The van der Waals surface area contributed by atoms with E-state index in [1.54, 1.807) is 48.5 Å². The van der Waals surface area contributed by atoms with Crippen molar-refractivity contribution in [1.29, 1.82) is 0 Å². The molecular weight excluding hydrogens is 396 g/mol. The number of amides is 4. The maximum Gasteiger partial charge on any atom is 0.271 e. The number of nitrogens with zero attached hydrogens (tertiary/aromatic N) is 2. The van der Waals surface area contributed by atoms with Gasteiger partial charge in [0.2, 0.25) is 17.5 Å². The lowest BCUT2D eigenvalue weighted by molar-refractivity contribution is -0.129. The summed E-state index contributed by atoms with van der Waals surface area (Å²) in [5.74, 6) is -1.17. The van der Waals surface area contributed by atoms with Crippen LogP contribution in [0.1, 0.15) is 44.0 Å². The lowest BCUT2D eigenvalue weighted by Gasteiger charge is -2.50. The van der Waals surface area contributed by atoms with Crippen LogP contribution in [0.5, 0.6) is 0 Å². The minimum absolute atomic E-state index is 0.157. The van der Waals surface area contributed by atoms with E-state index in [1.165, 1.54) is 16.7 Å². The number of benzene rings is 2. The molecule has 8 nitrogen and oxygen atoms in total. The Balaban J connectivity index is 1.79. The monoisotopic (exact) mass is 420 g/mol. The molecule has 2 aromatic rings. The molecule has 0 spiro atoms. The quantitative estimate of drug-likeness (QED) is 0.794. The van der Waals surface area contributed by atoms with Crippen LogP contribution in [0.3, 0.4) is 0 Å². The summed E-state index contributed by atoms with van der Waals surface area (Å²) in [5.41, 5.74) is 0.394. The van der Waals surface area contributed by atoms with E-state index in [-0.39, 0.29) is 36.6 Å². The molecule has 0 aromatic heterocycles. The van der Waals surface area contributed by atoms with Crippen LogP contribution in [-0.4, -0.2) is 40.2 Å². The molecule has 8 heteroatoms. The van der Waals surface area contributed by atoms with Crippen LogP contribution in [-0.2, 0) is 14.4 Å². The smallest absolute Gasteiger partial charge is 0.271 e. The third-order valence-corrected chi connectivity index (χ3v) is 5.62. The SMILES string of the molecule is CC(=O)Nc1cccc(NC(=O)C23CCC(=O)N2c2ccccc2C(=O)N3C(C)C)c1. The van der Waals surface area contributed by atoms with Gasteiger partial charge >= 0.3 is 0 Å². The molecule has 1 unspecified atom stereocenters. The Hall–Kier alpha value is -3.68. The highest BCUT2D eigenvalue weighted by molar-refractivity contribution is 6.18. The van der Waals surface area contributed by atoms with Crippen molar-refractivity contribution in [2.45, 2.75) is 45.3 Å². The minimum atomic E-state index is -1.46. The van der Waals surface area contributed by atoms with E-state index < -0.39 is 11.6 Å². The lowest BCUT2D eigenvalue weighted by Crippen LogP contribution is -2.70. The molecule has 0 aliphatic carbocycles. The summed E-state index contributed by atoms with van der Waals surface area (Å²) < 4.78 is 0. The molecule has 160 valence electrons. The Kier molecular flexibility index (Phi) is 5.00. The number of fused-ring (bicyclic) bond motifs is 3. The topological polar surface area (TPSA) is 98.8 Å². The Morgan fingerprint density at radius 1 is 1.00 bits per heavy atom. The molecule has 0 saturated carbocycles.